The lowest BCUT2D eigenvalue weighted by Crippen LogP contribution is -2.03. The monoisotopic (exact) mass is 222 g/mol. The zero-order chi connectivity index (χ0) is 11.5. The average molecular weight is 222 g/mol. The minimum atomic E-state index is 1.09. The van der Waals surface area contributed by atoms with Crippen molar-refractivity contribution in [2.24, 2.45) is 5.92 Å². The zero-order valence-corrected chi connectivity index (χ0v) is 11.2. The van der Waals surface area contributed by atoms with Gasteiger partial charge < -0.3 is 0 Å². The number of rotatable bonds is 1. The van der Waals surface area contributed by atoms with Crippen LogP contribution in [0.2, 0.25) is 0 Å². The normalized spacial score (nSPS) is 22.8. The summed E-state index contributed by atoms with van der Waals surface area (Å²) in [6, 6.07) is 0. The quantitative estimate of drug-likeness (QED) is 0.486. The molecule has 0 unspecified atom stereocenters. The average Bonchev–Trinajstić information content (AvgIpc) is 2.30. The zero-order valence-electron chi connectivity index (χ0n) is 11.2. The largest absolute Gasteiger partial charge is 0.0885 e. The minimum absolute atomic E-state index is 1.09. The summed E-state index contributed by atoms with van der Waals surface area (Å²) in [4.78, 5) is 0. The van der Waals surface area contributed by atoms with Crippen LogP contribution in [0.15, 0.2) is 12.2 Å². The van der Waals surface area contributed by atoms with E-state index in [2.05, 4.69) is 19.1 Å². The molecular weight excluding hydrogens is 192 g/mol. The minimum Gasteiger partial charge on any atom is -0.0885 e. The predicted molar refractivity (Wildman–Crippen MR) is 73.7 cm³/mol. The van der Waals surface area contributed by atoms with Crippen LogP contribution < -0.4 is 0 Å². The molecule has 0 aromatic carbocycles. The molecule has 0 amide bonds. The second-order valence-electron chi connectivity index (χ2n) is 5.38. The van der Waals surface area contributed by atoms with Crippen molar-refractivity contribution in [2.75, 3.05) is 0 Å². The Hall–Kier alpha value is -0.260. The van der Waals surface area contributed by atoms with Gasteiger partial charge in [-0.15, -0.1) is 0 Å². The lowest BCUT2D eigenvalue weighted by molar-refractivity contribution is 0.349. The van der Waals surface area contributed by atoms with Gasteiger partial charge in [-0.2, -0.15) is 0 Å². The highest BCUT2D eigenvalue weighted by molar-refractivity contribution is 4.82. The maximum atomic E-state index is 2.32. The molecule has 1 fully saturated rings. The Labute approximate surface area is 103 Å². The van der Waals surface area contributed by atoms with Gasteiger partial charge in [0.05, 0.1) is 0 Å². The van der Waals surface area contributed by atoms with Gasteiger partial charge in [0.15, 0.2) is 0 Å². The van der Waals surface area contributed by atoms with E-state index in [-0.39, 0.29) is 0 Å². The molecule has 0 N–H and O–H groups in total. The van der Waals surface area contributed by atoms with Crippen LogP contribution in [0.4, 0.5) is 0 Å². The van der Waals surface area contributed by atoms with Gasteiger partial charge in [-0.25, -0.2) is 0 Å². The smallest absolute Gasteiger partial charge is 0.0351 e. The first-order valence-electron chi connectivity index (χ1n) is 7.58. The Morgan fingerprint density at radius 2 is 1.25 bits per heavy atom. The second kappa shape index (κ2) is 9.93. The van der Waals surface area contributed by atoms with Gasteiger partial charge in [0.2, 0.25) is 0 Å². The van der Waals surface area contributed by atoms with Gasteiger partial charge in [-0.3, -0.25) is 0 Å². The Morgan fingerprint density at radius 1 is 0.750 bits per heavy atom. The fraction of sp³-hybridized carbons (Fsp3) is 0.875. The van der Waals surface area contributed by atoms with Gasteiger partial charge in [0.25, 0.3) is 0 Å². The fourth-order valence-corrected chi connectivity index (χ4v) is 2.71. The maximum Gasteiger partial charge on any atom is -0.0351 e. The summed E-state index contributed by atoms with van der Waals surface area (Å²) in [6.07, 6.45) is 21.9. The van der Waals surface area contributed by atoms with Crippen molar-refractivity contribution >= 4 is 0 Å². The maximum absolute atomic E-state index is 2.32. The van der Waals surface area contributed by atoms with Crippen molar-refractivity contribution in [3.05, 3.63) is 12.2 Å². The third-order valence-electron chi connectivity index (χ3n) is 3.96. The van der Waals surface area contributed by atoms with E-state index >= 15 is 0 Å². The van der Waals surface area contributed by atoms with Crippen LogP contribution in [-0.2, 0) is 0 Å². The van der Waals surface area contributed by atoms with Gasteiger partial charge in [-0.05, 0) is 31.6 Å². The Balaban J connectivity index is 0.000000160. The SMILES string of the molecule is C1=CCCCCCC1.CCC1CCCCC1. The molecule has 0 aromatic heterocycles. The first-order chi connectivity index (χ1) is 7.93. The predicted octanol–water partition coefficient (Wildman–Crippen LogP) is 5.87. The molecule has 0 nitrogen and oxygen atoms in total. The lowest BCUT2D eigenvalue weighted by atomic mass is 9.88. The number of allylic oxidation sites excluding steroid dienone is 2. The van der Waals surface area contributed by atoms with E-state index in [1.54, 1.807) is 0 Å². The van der Waals surface area contributed by atoms with Crippen LogP contribution in [0, 0.1) is 5.92 Å². The number of hydrogen-bond acceptors (Lipinski definition) is 0. The van der Waals surface area contributed by atoms with E-state index < -0.39 is 0 Å². The molecule has 0 bridgehead atoms. The Morgan fingerprint density at radius 3 is 1.69 bits per heavy atom. The molecule has 0 heteroatoms. The molecule has 0 aliphatic heterocycles. The molecule has 16 heavy (non-hydrogen) atoms. The van der Waals surface area contributed by atoms with Gasteiger partial charge in [-0.1, -0.05) is 70.4 Å². The summed E-state index contributed by atoms with van der Waals surface area (Å²) in [5, 5.41) is 0. The van der Waals surface area contributed by atoms with E-state index in [0.29, 0.717) is 0 Å². The standard InChI is InChI=1S/C8H16.C8H14/c1-2-8-6-4-3-5-7-8;1-2-4-6-8-7-5-3-1/h8H,2-7H2,1H3;1-2H,3-8H2. The third-order valence-corrected chi connectivity index (χ3v) is 3.96. The molecule has 2 rings (SSSR count). The highest BCUT2D eigenvalue weighted by atomic mass is 14.2. The first kappa shape index (κ1) is 13.8. The summed E-state index contributed by atoms with van der Waals surface area (Å²) in [7, 11) is 0. The van der Waals surface area contributed by atoms with E-state index in [4.69, 9.17) is 0 Å². The van der Waals surface area contributed by atoms with Crippen LogP contribution in [-0.4, -0.2) is 0 Å². The van der Waals surface area contributed by atoms with Crippen LogP contribution in [0.5, 0.6) is 0 Å². The highest BCUT2D eigenvalue weighted by Gasteiger charge is 2.09. The number of hydrogen-bond donors (Lipinski definition) is 0. The molecular formula is C16H30. The van der Waals surface area contributed by atoms with Crippen LogP contribution in [0.1, 0.15) is 84.0 Å². The Bertz CT molecular complexity index is 153. The third kappa shape index (κ3) is 7.09. The molecule has 0 spiro atoms. The second-order valence-corrected chi connectivity index (χ2v) is 5.38. The summed E-state index contributed by atoms with van der Waals surface area (Å²) in [6.45, 7) is 2.32. The summed E-state index contributed by atoms with van der Waals surface area (Å²) in [5.41, 5.74) is 0. The van der Waals surface area contributed by atoms with E-state index in [1.807, 2.05) is 0 Å². The highest BCUT2D eigenvalue weighted by Crippen LogP contribution is 2.25. The van der Waals surface area contributed by atoms with E-state index in [0.717, 1.165) is 5.92 Å². The molecule has 94 valence electrons. The lowest BCUT2D eigenvalue weighted by Gasteiger charge is -2.18. The van der Waals surface area contributed by atoms with Gasteiger partial charge in [0.1, 0.15) is 0 Å². The van der Waals surface area contributed by atoms with Gasteiger partial charge >= 0.3 is 0 Å². The molecule has 0 saturated heterocycles. The Kier molecular flexibility index (Phi) is 8.57. The van der Waals surface area contributed by atoms with E-state index in [1.165, 1.54) is 77.0 Å². The molecule has 2 aliphatic rings. The van der Waals surface area contributed by atoms with Gasteiger partial charge in [0, 0.05) is 0 Å². The van der Waals surface area contributed by atoms with E-state index in [9.17, 15) is 0 Å². The van der Waals surface area contributed by atoms with Crippen LogP contribution in [0.3, 0.4) is 0 Å². The van der Waals surface area contributed by atoms with Crippen molar-refractivity contribution in [3.8, 4) is 0 Å². The summed E-state index contributed by atoms with van der Waals surface area (Å²) >= 11 is 0. The van der Waals surface area contributed by atoms with Crippen molar-refractivity contribution in [2.45, 2.75) is 84.0 Å². The molecule has 0 atom stereocenters. The summed E-state index contributed by atoms with van der Waals surface area (Å²) < 4.78 is 0. The molecule has 2 aliphatic carbocycles. The van der Waals surface area contributed by atoms with Crippen LogP contribution in [0.25, 0.3) is 0 Å². The van der Waals surface area contributed by atoms with Crippen molar-refractivity contribution < 1.29 is 0 Å². The fourth-order valence-electron chi connectivity index (χ4n) is 2.71. The van der Waals surface area contributed by atoms with Crippen LogP contribution >= 0.6 is 0 Å². The molecule has 1 saturated carbocycles. The topological polar surface area (TPSA) is 0 Å². The first-order valence-corrected chi connectivity index (χ1v) is 7.58. The summed E-state index contributed by atoms with van der Waals surface area (Å²) in [5.74, 6) is 1.09. The molecule has 0 aromatic rings. The molecule has 0 heterocycles. The van der Waals surface area contributed by atoms with Crippen molar-refractivity contribution in [1.82, 2.24) is 0 Å². The van der Waals surface area contributed by atoms with Crippen molar-refractivity contribution in [1.29, 1.82) is 0 Å². The van der Waals surface area contributed by atoms with Crippen molar-refractivity contribution in [3.63, 3.8) is 0 Å². The molecule has 0 radical (unpaired) electrons.